The van der Waals surface area contributed by atoms with Crippen LogP contribution >= 0.6 is 11.8 Å². The number of ether oxygens (including phenoxy) is 2. The number of rotatable bonds is 20. The maximum atomic E-state index is 13.1. The van der Waals surface area contributed by atoms with E-state index in [0.717, 1.165) is 47.2 Å². The third kappa shape index (κ3) is 11.5. The van der Waals surface area contributed by atoms with E-state index in [9.17, 15) is 4.79 Å². The van der Waals surface area contributed by atoms with Crippen molar-refractivity contribution in [2.24, 2.45) is 0 Å². The summed E-state index contributed by atoms with van der Waals surface area (Å²) in [5.41, 5.74) is 4.12. The van der Waals surface area contributed by atoms with Crippen LogP contribution < -0.4 is 14.8 Å². The predicted octanol–water partition coefficient (Wildman–Crippen LogP) is 9.32. The van der Waals surface area contributed by atoms with Crippen LogP contribution in [0.2, 0.25) is 0 Å². The van der Waals surface area contributed by atoms with Gasteiger partial charge in [0, 0.05) is 29.6 Å². The Morgan fingerprint density at radius 2 is 1.57 bits per heavy atom. The number of amides is 1. The molecule has 0 spiro atoms. The average molecular weight is 567 g/mol. The first-order valence-corrected chi connectivity index (χ1v) is 16.4. The Kier molecular flexibility index (Phi) is 14.9. The molecule has 2 aromatic carbocycles. The van der Waals surface area contributed by atoms with E-state index < -0.39 is 0 Å². The minimum absolute atomic E-state index is 0.0455. The number of nitrogens with zero attached hydrogens (tertiary/aromatic N) is 1. The standard InChI is InChI=1S/C34H50N2O3S/c1-4-5-6-7-8-9-10-11-12-13-14-17-22-39-33-24-31(38-3)21-20-29(33)23-34(37)35-32-19-16-15-18-30(32)25-36-27-40-26-28(36)2/h15-16,18-21,24,26H,4-14,17,22-23,25,27H2,1-3H3,(H,35,37). The smallest absolute Gasteiger partial charge is 0.228 e. The van der Waals surface area contributed by atoms with Gasteiger partial charge in [-0.15, -0.1) is 11.8 Å². The Hall–Kier alpha value is -2.60. The van der Waals surface area contributed by atoms with E-state index in [4.69, 9.17) is 9.47 Å². The van der Waals surface area contributed by atoms with Gasteiger partial charge in [0.25, 0.3) is 0 Å². The van der Waals surface area contributed by atoms with Crippen molar-refractivity contribution < 1.29 is 14.3 Å². The van der Waals surface area contributed by atoms with Gasteiger partial charge < -0.3 is 19.7 Å². The number of nitrogens with one attached hydrogen (secondary N) is 1. The molecule has 5 nitrogen and oxygen atoms in total. The van der Waals surface area contributed by atoms with Crippen molar-refractivity contribution in [3.8, 4) is 11.5 Å². The van der Waals surface area contributed by atoms with Crippen LogP contribution in [0.5, 0.6) is 11.5 Å². The number of allylic oxidation sites excluding steroid dienone is 1. The van der Waals surface area contributed by atoms with E-state index in [-0.39, 0.29) is 12.3 Å². The summed E-state index contributed by atoms with van der Waals surface area (Å²) < 4.78 is 11.6. The first-order chi connectivity index (χ1) is 19.6. The zero-order valence-corrected chi connectivity index (χ0v) is 25.8. The zero-order chi connectivity index (χ0) is 28.4. The van der Waals surface area contributed by atoms with Crippen LogP contribution in [0.3, 0.4) is 0 Å². The van der Waals surface area contributed by atoms with E-state index in [1.165, 1.54) is 76.3 Å². The molecule has 0 unspecified atom stereocenters. The van der Waals surface area contributed by atoms with Crippen molar-refractivity contribution in [1.82, 2.24) is 4.90 Å². The molecule has 1 N–H and O–H groups in total. The zero-order valence-electron chi connectivity index (χ0n) is 25.0. The summed E-state index contributed by atoms with van der Waals surface area (Å²) >= 11 is 1.80. The molecule has 0 saturated carbocycles. The number of hydrogen-bond acceptors (Lipinski definition) is 5. The van der Waals surface area contributed by atoms with Gasteiger partial charge in [-0.25, -0.2) is 0 Å². The Bertz CT molecular complexity index is 1060. The molecule has 1 heterocycles. The van der Waals surface area contributed by atoms with Crippen molar-refractivity contribution >= 4 is 23.4 Å². The molecule has 0 atom stereocenters. The SMILES string of the molecule is CCCCCCCCCCCCCCOc1cc(OC)ccc1CC(=O)Nc1ccccc1CN1CSC=C1C. The van der Waals surface area contributed by atoms with E-state index in [1.807, 2.05) is 36.4 Å². The molecule has 0 bridgehead atoms. The number of carbonyl (C=O) groups is 1. The summed E-state index contributed by atoms with van der Waals surface area (Å²) in [5, 5.41) is 5.33. The second-order valence-electron chi connectivity index (χ2n) is 10.8. The predicted molar refractivity (Wildman–Crippen MR) is 170 cm³/mol. The van der Waals surface area contributed by atoms with Crippen LogP contribution in [0.1, 0.15) is 102 Å². The summed E-state index contributed by atoms with van der Waals surface area (Å²) in [6.07, 6.45) is 16.1. The van der Waals surface area contributed by atoms with Gasteiger partial charge in [0.05, 0.1) is 26.0 Å². The quantitative estimate of drug-likeness (QED) is 0.162. The molecular formula is C34H50N2O3S. The fourth-order valence-corrected chi connectivity index (χ4v) is 5.95. The van der Waals surface area contributed by atoms with Gasteiger partial charge >= 0.3 is 0 Å². The number of methoxy groups -OCH3 is 1. The number of benzene rings is 2. The van der Waals surface area contributed by atoms with Crippen LogP contribution in [-0.2, 0) is 17.8 Å². The molecule has 0 saturated heterocycles. The van der Waals surface area contributed by atoms with Gasteiger partial charge in [0.15, 0.2) is 0 Å². The highest BCUT2D eigenvalue weighted by atomic mass is 32.2. The molecule has 6 heteroatoms. The summed E-state index contributed by atoms with van der Waals surface area (Å²) in [6.45, 7) is 5.84. The Morgan fingerprint density at radius 1 is 0.900 bits per heavy atom. The van der Waals surface area contributed by atoms with Gasteiger partial charge in [0.1, 0.15) is 11.5 Å². The van der Waals surface area contributed by atoms with Gasteiger partial charge in [-0.1, -0.05) is 102 Å². The normalized spacial score (nSPS) is 12.9. The molecule has 0 radical (unpaired) electrons. The van der Waals surface area contributed by atoms with E-state index in [0.29, 0.717) is 6.61 Å². The Morgan fingerprint density at radius 3 is 2.23 bits per heavy atom. The minimum atomic E-state index is -0.0455. The summed E-state index contributed by atoms with van der Waals surface area (Å²) in [5.74, 6) is 2.38. The third-order valence-electron chi connectivity index (χ3n) is 7.52. The second kappa shape index (κ2) is 18.7. The molecule has 1 amide bonds. The third-order valence-corrected chi connectivity index (χ3v) is 8.49. The first kappa shape index (κ1) is 31.9. The number of hydrogen-bond donors (Lipinski definition) is 1. The van der Waals surface area contributed by atoms with Crippen LogP contribution in [0.15, 0.2) is 53.6 Å². The Balaban J connectivity index is 1.42. The molecule has 1 aliphatic rings. The first-order valence-electron chi connectivity index (χ1n) is 15.3. The minimum Gasteiger partial charge on any atom is -0.497 e. The lowest BCUT2D eigenvalue weighted by Crippen LogP contribution is -2.20. The number of unbranched alkanes of at least 4 members (excludes halogenated alkanes) is 11. The highest BCUT2D eigenvalue weighted by Gasteiger charge is 2.16. The fraction of sp³-hybridized carbons (Fsp3) is 0.559. The van der Waals surface area contributed by atoms with E-state index >= 15 is 0 Å². The lowest BCUT2D eigenvalue weighted by atomic mass is 10.1. The number of carbonyl (C=O) groups excluding carboxylic acids is 1. The van der Waals surface area contributed by atoms with E-state index in [2.05, 4.69) is 35.5 Å². The molecule has 0 aromatic heterocycles. The molecule has 1 aliphatic heterocycles. The lowest BCUT2D eigenvalue weighted by molar-refractivity contribution is -0.115. The molecular weight excluding hydrogens is 516 g/mol. The monoisotopic (exact) mass is 566 g/mol. The van der Waals surface area contributed by atoms with Gasteiger partial charge in [0.2, 0.25) is 5.91 Å². The van der Waals surface area contributed by atoms with Crippen LogP contribution in [0.25, 0.3) is 0 Å². The highest BCUT2D eigenvalue weighted by Crippen LogP contribution is 2.28. The highest BCUT2D eigenvalue weighted by molar-refractivity contribution is 8.02. The second-order valence-corrected chi connectivity index (χ2v) is 11.7. The van der Waals surface area contributed by atoms with Crippen LogP contribution in [-0.4, -0.2) is 30.4 Å². The molecule has 220 valence electrons. The molecule has 2 aromatic rings. The fourth-order valence-electron chi connectivity index (χ4n) is 5.02. The summed E-state index contributed by atoms with van der Waals surface area (Å²) in [4.78, 5) is 15.4. The van der Waals surface area contributed by atoms with Crippen molar-refractivity contribution in [3.63, 3.8) is 0 Å². The molecule has 0 aliphatic carbocycles. The van der Waals surface area contributed by atoms with Crippen LogP contribution in [0, 0.1) is 0 Å². The lowest BCUT2D eigenvalue weighted by Gasteiger charge is -2.21. The number of para-hydroxylation sites is 1. The summed E-state index contributed by atoms with van der Waals surface area (Å²) in [6, 6.07) is 13.8. The maximum Gasteiger partial charge on any atom is 0.228 e. The van der Waals surface area contributed by atoms with Gasteiger partial charge in [-0.2, -0.15) is 0 Å². The maximum absolute atomic E-state index is 13.1. The topological polar surface area (TPSA) is 50.8 Å². The molecule has 3 rings (SSSR count). The largest absolute Gasteiger partial charge is 0.497 e. The average Bonchev–Trinajstić information content (AvgIpc) is 3.37. The summed E-state index contributed by atoms with van der Waals surface area (Å²) in [7, 11) is 1.66. The number of anilines is 1. The van der Waals surface area contributed by atoms with Crippen molar-refractivity contribution in [2.45, 2.75) is 104 Å². The Labute approximate surface area is 247 Å². The van der Waals surface area contributed by atoms with Crippen molar-refractivity contribution in [2.75, 3.05) is 24.9 Å². The van der Waals surface area contributed by atoms with Gasteiger partial charge in [-0.3, -0.25) is 4.79 Å². The van der Waals surface area contributed by atoms with Crippen LogP contribution in [0.4, 0.5) is 5.69 Å². The molecule has 0 fully saturated rings. The number of thioether (sulfide) groups is 1. The van der Waals surface area contributed by atoms with Gasteiger partial charge in [-0.05, 0) is 36.4 Å². The molecule has 40 heavy (non-hydrogen) atoms. The van der Waals surface area contributed by atoms with Crippen molar-refractivity contribution in [1.29, 1.82) is 0 Å². The van der Waals surface area contributed by atoms with Crippen molar-refractivity contribution in [3.05, 3.63) is 64.7 Å². The van der Waals surface area contributed by atoms with E-state index in [1.54, 1.807) is 18.9 Å².